The number of aryl methyl sites for hydroxylation is 1. The SMILES string of the molecule is COc1ccccc1Nc1ncnc2sc(C(=O)O)c(C)c12. The summed E-state index contributed by atoms with van der Waals surface area (Å²) in [7, 11) is 1.59. The quantitative estimate of drug-likeness (QED) is 0.767. The number of carboxylic acids is 1. The first kappa shape index (κ1) is 14.3. The normalized spacial score (nSPS) is 10.6. The minimum Gasteiger partial charge on any atom is -0.495 e. The van der Waals surface area contributed by atoms with Gasteiger partial charge in [0.25, 0.3) is 0 Å². The monoisotopic (exact) mass is 315 g/mol. The van der Waals surface area contributed by atoms with E-state index in [-0.39, 0.29) is 4.88 Å². The minimum atomic E-state index is -0.955. The van der Waals surface area contributed by atoms with Crippen LogP contribution in [0.1, 0.15) is 15.2 Å². The van der Waals surface area contributed by atoms with Gasteiger partial charge in [-0.3, -0.25) is 0 Å². The zero-order chi connectivity index (χ0) is 15.7. The Morgan fingerprint density at radius 1 is 1.32 bits per heavy atom. The number of carbonyl (C=O) groups is 1. The summed E-state index contributed by atoms with van der Waals surface area (Å²) >= 11 is 1.14. The van der Waals surface area contributed by atoms with Crippen molar-refractivity contribution in [2.75, 3.05) is 12.4 Å². The van der Waals surface area contributed by atoms with Gasteiger partial charge in [-0.25, -0.2) is 14.8 Å². The van der Waals surface area contributed by atoms with Crippen LogP contribution in [0.3, 0.4) is 0 Å². The van der Waals surface area contributed by atoms with Crippen LogP contribution in [0.5, 0.6) is 5.75 Å². The van der Waals surface area contributed by atoms with Gasteiger partial charge in [-0.1, -0.05) is 12.1 Å². The molecule has 0 bridgehead atoms. The van der Waals surface area contributed by atoms with E-state index in [0.29, 0.717) is 22.0 Å². The lowest BCUT2D eigenvalue weighted by Gasteiger charge is -2.11. The molecule has 3 rings (SSSR count). The summed E-state index contributed by atoms with van der Waals surface area (Å²) in [6.07, 6.45) is 1.42. The van der Waals surface area contributed by atoms with E-state index in [9.17, 15) is 9.90 Å². The smallest absolute Gasteiger partial charge is 0.346 e. The summed E-state index contributed by atoms with van der Waals surface area (Å²) < 4.78 is 5.31. The van der Waals surface area contributed by atoms with Crippen molar-refractivity contribution in [2.45, 2.75) is 6.92 Å². The summed E-state index contributed by atoms with van der Waals surface area (Å²) in [5, 5.41) is 13.2. The predicted molar refractivity (Wildman–Crippen MR) is 85.4 cm³/mol. The lowest BCUT2D eigenvalue weighted by molar-refractivity contribution is 0.0701. The van der Waals surface area contributed by atoms with Crippen LogP contribution >= 0.6 is 11.3 Å². The molecule has 2 heterocycles. The highest BCUT2D eigenvalue weighted by atomic mass is 32.1. The van der Waals surface area contributed by atoms with E-state index in [1.165, 1.54) is 6.33 Å². The molecule has 0 fully saturated rings. The van der Waals surface area contributed by atoms with Crippen molar-refractivity contribution in [3.8, 4) is 5.75 Å². The maximum atomic E-state index is 11.3. The summed E-state index contributed by atoms with van der Waals surface area (Å²) in [6, 6.07) is 7.46. The van der Waals surface area contributed by atoms with Gasteiger partial charge in [-0.05, 0) is 24.6 Å². The van der Waals surface area contributed by atoms with Crippen LogP contribution in [0, 0.1) is 6.92 Å². The summed E-state index contributed by atoms with van der Waals surface area (Å²) in [5.74, 6) is 0.292. The summed E-state index contributed by atoms with van der Waals surface area (Å²) in [6.45, 7) is 1.76. The molecular weight excluding hydrogens is 302 g/mol. The van der Waals surface area contributed by atoms with E-state index < -0.39 is 5.97 Å². The van der Waals surface area contributed by atoms with Gasteiger partial charge in [0.05, 0.1) is 18.2 Å². The van der Waals surface area contributed by atoms with Crippen molar-refractivity contribution in [3.05, 3.63) is 41.0 Å². The fraction of sp³-hybridized carbons (Fsp3) is 0.133. The van der Waals surface area contributed by atoms with E-state index in [1.54, 1.807) is 14.0 Å². The number of fused-ring (bicyclic) bond motifs is 1. The number of aromatic carboxylic acids is 1. The third kappa shape index (κ3) is 2.35. The molecule has 1 aromatic carbocycles. The van der Waals surface area contributed by atoms with Gasteiger partial charge in [-0.2, -0.15) is 0 Å². The third-order valence-electron chi connectivity index (χ3n) is 3.28. The molecule has 0 spiro atoms. The number of hydrogen-bond donors (Lipinski definition) is 2. The number of anilines is 2. The van der Waals surface area contributed by atoms with Crippen molar-refractivity contribution >= 4 is 39.0 Å². The molecule has 0 radical (unpaired) electrons. The van der Waals surface area contributed by atoms with Crippen LogP contribution in [0.4, 0.5) is 11.5 Å². The molecule has 0 saturated carbocycles. The number of aromatic nitrogens is 2. The zero-order valence-corrected chi connectivity index (χ0v) is 12.8. The second-order valence-electron chi connectivity index (χ2n) is 4.59. The number of rotatable bonds is 4. The van der Waals surface area contributed by atoms with Gasteiger partial charge in [0.15, 0.2) is 0 Å². The van der Waals surface area contributed by atoms with Crippen LogP contribution in [0.15, 0.2) is 30.6 Å². The molecule has 7 heteroatoms. The van der Waals surface area contributed by atoms with Gasteiger partial charge >= 0.3 is 5.97 Å². The molecule has 0 aliphatic carbocycles. The number of nitrogens with one attached hydrogen (secondary N) is 1. The molecule has 0 aliphatic heterocycles. The Hall–Kier alpha value is -2.67. The number of para-hydroxylation sites is 2. The Bertz CT molecular complexity index is 860. The molecule has 112 valence electrons. The van der Waals surface area contributed by atoms with Crippen molar-refractivity contribution in [2.24, 2.45) is 0 Å². The number of carboxylic acid groups (broad SMARTS) is 1. The highest BCUT2D eigenvalue weighted by molar-refractivity contribution is 7.20. The van der Waals surface area contributed by atoms with Gasteiger partial charge in [0, 0.05) is 0 Å². The van der Waals surface area contributed by atoms with Crippen LogP contribution in [-0.4, -0.2) is 28.2 Å². The molecule has 2 N–H and O–H groups in total. The average Bonchev–Trinajstić information content (AvgIpc) is 2.86. The molecule has 0 amide bonds. The van der Waals surface area contributed by atoms with Gasteiger partial charge < -0.3 is 15.2 Å². The first-order valence-electron chi connectivity index (χ1n) is 6.49. The fourth-order valence-corrected chi connectivity index (χ4v) is 3.23. The number of benzene rings is 1. The average molecular weight is 315 g/mol. The molecule has 0 atom stereocenters. The van der Waals surface area contributed by atoms with Crippen LogP contribution in [-0.2, 0) is 0 Å². The molecule has 2 aromatic heterocycles. The zero-order valence-electron chi connectivity index (χ0n) is 12.0. The van der Waals surface area contributed by atoms with Crippen molar-refractivity contribution in [1.82, 2.24) is 9.97 Å². The molecule has 0 aliphatic rings. The second kappa shape index (κ2) is 5.61. The van der Waals surface area contributed by atoms with E-state index in [2.05, 4.69) is 15.3 Å². The van der Waals surface area contributed by atoms with Gasteiger partial charge in [-0.15, -0.1) is 11.3 Å². The Morgan fingerprint density at radius 2 is 2.09 bits per heavy atom. The molecule has 0 unspecified atom stereocenters. The van der Waals surface area contributed by atoms with Crippen molar-refractivity contribution in [1.29, 1.82) is 0 Å². The van der Waals surface area contributed by atoms with Crippen molar-refractivity contribution < 1.29 is 14.6 Å². The molecule has 0 saturated heterocycles. The number of nitrogens with zero attached hydrogens (tertiary/aromatic N) is 2. The van der Waals surface area contributed by atoms with Crippen LogP contribution in [0.25, 0.3) is 10.2 Å². The van der Waals surface area contributed by atoms with E-state index >= 15 is 0 Å². The standard InChI is InChI=1S/C15H13N3O3S/c1-8-11-13(18-9-5-3-4-6-10(9)21-2)16-7-17-14(11)22-12(8)15(19)20/h3-7H,1-2H3,(H,19,20)(H,16,17,18). The lowest BCUT2D eigenvalue weighted by atomic mass is 10.2. The minimum absolute atomic E-state index is 0.276. The Morgan fingerprint density at radius 3 is 2.82 bits per heavy atom. The number of thiophene rings is 1. The lowest BCUT2D eigenvalue weighted by Crippen LogP contribution is -1.98. The predicted octanol–water partition coefficient (Wildman–Crippen LogP) is 3.45. The molecule has 6 nitrogen and oxygen atoms in total. The number of methoxy groups -OCH3 is 1. The molecule has 3 aromatic rings. The number of ether oxygens (including phenoxy) is 1. The second-order valence-corrected chi connectivity index (χ2v) is 5.59. The maximum absolute atomic E-state index is 11.3. The molecule has 22 heavy (non-hydrogen) atoms. The van der Waals surface area contributed by atoms with Crippen molar-refractivity contribution in [3.63, 3.8) is 0 Å². The van der Waals surface area contributed by atoms with Crippen LogP contribution < -0.4 is 10.1 Å². The van der Waals surface area contributed by atoms with E-state index in [0.717, 1.165) is 22.4 Å². The van der Waals surface area contributed by atoms with E-state index in [1.807, 2.05) is 24.3 Å². The third-order valence-corrected chi connectivity index (χ3v) is 4.47. The topological polar surface area (TPSA) is 84.3 Å². The first-order chi connectivity index (χ1) is 10.6. The highest BCUT2D eigenvalue weighted by Gasteiger charge is 2.19. The Labute approximate surface area is 130 Å². The van der Waals surface area contributed by atoms with E-state index in [4.69, 9.17) is 4.74 Å². The Kier molecular flexibility index (Phi) is 3.64. The van der Waals surface area contributed by atoms with Gasteiger partial charge in [0.1, 0.15) is 27.6 Å². The van der Waals surface area contributed by atoms with Gasteiger partial charge in [0.2, 0.25) is 0 Å². The summed E-state index contributed by atoms with van der Waals surface area (Å²) in [4.78, 5) is 20.6. The number of hydrogen-bond acceptors (Lipinski definition) is 6. The Balaban J connectivity index is 2.13. The summed E-state index contributed by atoms with van der Waals surface area (Å²) in [5.41, 5.74) is 1.41. The molecular formula is C15H13N3O3S. The maximum Gasteiger partial charge on any atom is 0.346 e. The van der Waals surface area contributed by atoms with Crippen LogP contribution in [0.2, 0.25) is 0 Å². The highest BCUT2D eigenvalue weighted by Crippen LogP contribution is 2.35. The largest absolute Gasteiger partial charge is 0.495 e. The first-order valence-corrected chi connectivity index (χ1v) is 7.31. The fourth-order valence-electron chi connectivity index (χ4n) is 2.25.